The lowest BCUT2D eigenvalue weighted by atomic mass is 9.95. The zero-order valence-electron chi connectivity index (χ0n) is 12.4. The maximum atomic E-state index is 6.26. The van der Waals surface area contributed by atoms with E-state index in [9.17, 15) is 0 Å². The highest BCUT2D eigenvalue weighted by atomic mass is 35.5. The third-order valence-electron chi connectivity index (χ3n) is 3.10. The van der Waals surface area contributed by atoms with Gasteiger partial charge in [0.15, 0.2) is 11.5 Å². The van der Waals surface area contributed by atoms with E-state index in [4.69, 9.17) is 31.3 Å². The molecule has 0 saturated heterocycles. The average molecular weight is 312 g/mol. The number of ether oxygens (including phenoxy) is 2. The van der Waals surface area contributed by atoms with Gasteiger partial charge in [0.25, 0.3) is 0 Å². The van der Waals surface area contributed by atoms with Crippen molar-refractivity contribution in [1.29, 1.82) is 0 Å². The number of nitrogens with zero attached hydrogens (tertiary/aromatic N) is 2. The van der Waals surface area contributed by atoms with Crippen LogP contribution in [-0.4, -0.2) is 24.4 Å². The SMILES string of the molecule is COc1c(Cl)cc(-c2noc(CN)n2)c(C(C)C)c1OC. The standard InChI is InChI=1S/C14H18ClN3O3/c1-7(2)11-8(14-17-10(6-16)21-18-14)5-9(15)12(19-3)13(11)20-4/h5,7H,6,16H2,1-4H3. The second-order valence-corrected chi connectivity index (χ2v) is 5.16. The van der Waals surface area contributed by atoms with E-state index in [0.29, 0.717) is 28.2 Å². The lowest BCUT2D eigenvalue weighted by Crippen LogP contribution is -2.02. The first kappa shape index (κ1) is 15.6. The van der Waals surface area contributed by atoms with E-state index in [1.54, 1.807) is 20.3 Å². The van der Waals surface area contributed by atoms with Crippen LogP contribution >= 0.6 is 11.6 Å². The van der Waals surface area contributed by atoms with Crippen LogP contribution in [0, 0.1) is 0 Å². The molecule has 0 saturated carbocycles. The Kier molecular flexibility index (Phi) is 4.69. The van der Waals surface area contributed by atoms with Crippen molar-refractivity contribution in [3.05, 3.63) is 22.5 Å². The topological polar surface area (TPSA) is 83.4 Å². The Labute approximate surface area is 128 Å². The third-order valence-corrected chi connectivity index (χ3v) is 3.38. The molecule has 114 valence electrons. The molecule has 0 spiro atoms. The molecule has 21 heavy (non-hydrogen) atoms. The van der Waals surface area contributed by atoms with Crippen molar-refractivity contribution in [3.63, 3.8) is 0 Å². The van der Waals surface area contributed by atoms with E-state index in [-0.39, 0.29) is 12.5 Å². The van der Waals surface area contributed by atoms with Gasteiger partial charge >= 0.3 is 0 Å². The summed E-state index contributed by atoms with van der Waals surface area (Å²) in [5.74, 6) is 2.02. The molecule has 0 radical (unpaired) electrons. The van der Waals surface area contributed by atoms with Gasteiger partial charge in [-0.2, -0.15) is 4.98 Å². The summed E-state index contributed by atoms with van der Waals surface area (Å²) in [5, 5.41) is 4.38. The van der Waals surface area contributed by atoms with E-state index in [2.05, 4.69) is 10.1 Å². The number of benzene rings is 1. The number of methoxy groups -OCH3 is 2. The van der Waals surface area contributed by atoms with Gasteiger partial charge in [-0.25, -0.2) is 0 Å². The van der Waals surface area contributed by atoms with E-state index in [0.717, 1.165) is 11.1 Å². The van der Waals surface area contributed by atoms with Gasteiger partial charge in [0.1, 0.15) is 0 Å². The van der Waals surface area contributed by atoms with Crippen LogP contribution in [0.3, 0.4) is 0 Å². The van der Waals surface area contributed by atoms with Crippen LogP contribution in [0.2, 0.25) is 5.02 Å². The molecule has 0 unspecified atom stereocenters. The Hall–Kier alpha value is -1.79. The van der Waals surface area contributed by atoms with Crippen molar-refractivity contribution >= 4 is 11.6 Å². The molecule has 0 fully saturated rings. The molecular weight excluding hydrogens is 294 g/mol. The van der Waals surface area contributed by atoms with Crippen LogP contribution in [0.4, 0.5) is 0 Å². The Morgan fingerprint density at radius 1 is 1.29 bits per heavy atom. The molecule has 7 heteroatoms. The fraction of sp³-hybridized carbons (Fsp3) is 0.429. The number of hydrogen-bond acceptors (Lipinski definition) is 6. The van der Waals surface area contributed by atoms with Gasteiger partial charge in [0.05, 0.1) is 25.8 Å². The summed E-state index contributed by atoms with van der Waals surface area (Å²) >= 11 is 6.26. The minimum absolute atomic E-state index is 0.154. The van der Waals surface area contributed by atoms with E-state index in [1.807, 2.05) is 13.8 Å². The van der Waals surface area contributed by atoms with Crippen LogP contribution < -0.4 is 15.2 Å². The maximum absolute atomic E-state index is 6.26. The van der Waals surface area contributed by atoms with Crippen molar-refractivity contribution in [1.82, 2.24) is 10.1 Å². The number of rotatable bonds is 5. The molecule has 2 N–H and O–H groups in total. The van der Waals surface area contributed by atoms with Gasteiger partial charge < -0.3 is 19.7 Å². The van der Waals surface area contributed by atoms with E-state index >= 15 is 0 Å². The molecule has 0 aliphatic heterocycles. The molecule has 0 aliphatic rings. The number of hydrogen-bond donors (Lipinski definition) is 1. The highest BCUT2D eigenvalue weighted by molar-refractivity contribution is 6.32. The molecule has 0 bridgehead atoms. The predicted octanol–water partition coefficient (Wildman–Crippen LogP) is 2.99. The molecule has 1 aromatic heterocycles. The van der Waals surface area contributed by atoms with Crippen molar-refractivity contribution in [2.45, 2.75) is 26.3 Å². The summed E-state index contributed by atoms with van der Waals surface area (Å²) in [7, 11) is 3.12. The maximum Gasteiger partial charge on any atom is 0.240 e. The molecule has 1 aromatic carbocycles. The number of halogens is 1. The Morgan fingerprint density at radius 2 is 1.95 bits per heavy atom. The van der Waals surface area contributed by atoms with Crippen molar-refractivity contribution in [2.24, 2.45) is 5.73 Å². The van der Waals surface area contributed by atoms with E-state index < -0.39 is 0 Å². The summed E-state index contributed by atoms with van der Waals surface area (Å²) in [5.41, 5.74) is 7.16. The first-order valence-electron chi connectivity index (χ1n) is 6.50. The summed E-state index contributed by atoms with van der Waals surface area (Å²) in [6.45, 7) is 4.27. The highest BCUT2D eigenvalue weighted by Crippen LogP contribution is 2.45. The lowest BCUT2D eigenvalue weighted by molar-refractivity contribution is 0.350. The fourth-order valence-corrected chi connectivity index (χ4v) is 2.49. The number of aromatic nitrogens is 2. The van der Waals surface area contributed by atoms with Crippen molar-refractivity contribution < 1.29 is 14.0 Å². The summed E-state index contributed by atoms with van der Waals surface area (Å²) in [4.78, 5) is 4.26. The fourth-order valence-electron chi connectivity index (χ4n) is 2.22. The van der Waals surface area contributed by atoms with Gasteiger partial charge in [0, 0.05) is 11.1 Å². The van der Waals surface area contributed by atoms with Gasteiger partial charge in [-0.3, -0.25) is 0 Å². The second kappa shape index (κ2) is 6.32. The van der Waals surface area contributed by atoms with Crippen LogP contribution in [0.1, 0.15) is 31.2 Å². The summed E-state index contributed by atoms with van der Waals surface area (Å²) in [6.07, 6.45) is 0. The zero-order valence-corrected chi connectivity index (χ0v) is 13.2. The monoisotopic (exact) mass is 311 g/mol. The van der Waals surface area contributed by atoms with Crippen molar-refractivity contribution in [2.75, 3.05) is 14.2 Å². The highest BCUT2D eigenvalue weighted by Gasteiger charge is 2.24. The Balaban J connectivity index is 2.72. The second-order valence-electron chi connectivity index (χ2n) is 4.76. The molecular formula is C14H18ClN3O3. The largest absolute Gasteiger partial charge is 0.492 e. The summed E-state index contributed by atoms with van der Waals surface area (Å²) < 4.78 is 15.9. The van der Waals surface area contributed by atoms with Gasteiger partial charge in [0.2, 0.25) is 11.7 Å². The van der Waals surface area contributed by atoms with Crippen LogP contribution in [0.5, 0.6) is 11.5 Å². The average Bonchev–Trinajstić information content (AvgIpc) is 2.94. The Bertz CT molecular complexity index is 641. The number of nitrogens with two attached hydrogens (primary N) is 1. The van der Waals surface area contributed by atoms with Crippen LogP contribution in [0.25, 0.3) is 11.4 Å². The van der Waals surface area contributed by atoms with Crippen LogP contribution in [-0.2, 0) is 6.54 Å². The first-order chi connectivity index (χ1) is 10.0. The summed E-state index contributed by atoms with van der Waals surface area (Å²) in [6, 6.07) is 1.75. The Morgan fingerprint density at radius 3 is 2.43 bits per heavy atom. The molecule has 0 aliphatic carbocycles. The molecule has 6 nitrogen and oxygen atoms in total. The third kappa shape index (κ3) is 2.82. The predicted molar refractivity (Wildman–Crippen MR) is 79.8 cm³/mol. The van der Waals surface area contributed by atoms with Gasteiger partial charge in [-0.1, -0.05) is 30.6 Å². The molecule has 1 heterocycles. The molecule has 2 aromatic rings. The zero-order chi connectivity index (χ0) is 15.6. The van der Waals surface area contributed by atoms with E-state index in [1.165, 1.54) is 0 Å². The van der Waals surface area contributed by atoms with Gasteiger partial charge in [-0.05, 0) is 12.0 Å². The van der Waals surface area contributed by atoms with Crippen molar-refractivity contribution in [3.8, 4) is 22.9 Å². The van der Waals surface area contributed by atoms with Gasteiger partial charge in [-0.15, -0.1) is 0 Å². The van der Waals surface area contributed by atoms with Crippen LogP contribution in [0.15, 0.2) is 10.6 Å². The molecule has 0 atom stereocenters. The lowest BCUT2D eigenvalue weighted by Gasteiger charge is -2.19. The molecule has 0 amide bonds. The normalized spacial score (nSPS) is 11.0. The first-order valence-corrected chi connectivity index (χ1v) is 6.88. The quantitative estimate of drug-likeness (QED) is 0.914. The minimum atomic E-state index is 0.154. The smallest absolute Gasteiger partial charge is 0.240 e. The molecule has 2 rings (SSSR count). The minimum Gasteiger partial charge on any atom is -0.492 e.